The number of aryl methyl sites for hydroxylation is 1. The summed E-state index contributed by atoms with van der Waals surface area (Å²) >= 11 is 0. The summed E-state index contributed by atoms with van der Waals surface area (Å²) in [6, 6.07) is 13.9. The number of nitrogens with zero attached hydrogens (tertiary/aromatic N) is 2. The highest BCUT2D eigenvalue weighted by molar-refractivity contribution is 5.95. The second-order valence-electron chi connectivity index (χ2n) is 7.20. The molecule has 29 heavy (non-hydrogen) atoms. The van der Waals surface area contributed by atoms with Crippen LogP contribution in [0.2, 0.25) is 0 Å². The third-order valence-electron chi connectivity index (χ3n) is 5.00. The van der Waals surface area contributed by atoms with Crippen molar-refractivity contribution in [2.45, 2.75) is 19.8 Å². The number of anilines is 2. The fourth-order valence-corrected chi connectivity index (χ4v) is 3.53. The van der Waals surface area contributed by atoms with E-state index < -0.39 is 4.92 Å². The first kappa shape index (κ1) is 20.5. The molecule has 0 saturated carbocycles. The van der Waals surface area contributed by atoms with Crippen molar-refractivity contribution in [3.05, 3.63) is 64.2 Å². The molecule has 2 aromatic rings. The minimum absolute atomic E-state index is 0.0594. The molecular formula is C21H24N4O4. The lowest BCUT2D eigenvalue weighted by molar-refractivity contribution is -0.384. The molecule has 1 aliphatic heterocycles. The van der Waals surface area contributed by atoms with E-state index in [2.05, 4.69) is 10.6 Å². The number of nitrogens with one attached hydrogen (secondary N) is 2. The van der Waals surface area contributed by atoms with E-state index in [0.717, 1.165) is 18.5 Å². The smallest absolute Gasteiger partial charge is 0.293 e. The second-order valence-corrected chi connectivity index (χ2v) is 7.20. The van der Waals surface area contributed by atoms with Crippen LogP contribution in [0, 0.1) is 23.0 Å². The summed E-state index contributed by atoms with van der Waals surface area (Å²) in [5.74, 6) is -0.591. The Bertz CT molecular complexity index is 901. The number of para-hydroxylation sites is 2. The first-order valence-corrected chi connectivity index (χ1v) is 9.56. The number of nitro groups is 1. The Morgan fingerprint density at radius 1 is 1.14 bits per heavy atom. The molecule has 1 aliphatic rings. The topological polar surface area (TPSA) is 105 Å². The molecule has 2 amide bonds. The molecule has 0 aromatic heterocycles. The van der Waals surface area contributed by atoms with Gasteiger partial charge in [-0.05, 0) is 44.0 Å². The Labute approximate surface area is 169 Å². The highest BCUT2D eigenvalue weighted by Crippen LogP contribution is 2.27. The molecule has 0 radical (unpaired) electrons. The molecule has 8 nitrogen and oxygen atoms in total. The molecule has 1 heterocycles. The van der Waals surface area contributed by atoms with Crippen LogP contribution in [0.5, 0.6) is 0 Å². The summed E-state index contributed by atoms with van der Waals surface area (Å²) in [7, 11) is 0. The van der Waals surface area contributed by atoms with Crippen molar-refractivity contribution in [1.29, 1.82) is 0 Å². The third-order valence-corrected chi connectivity index (χ3v) is 5.00. The molecule has 2 aromatic carbocycles. The SMILES string of the molecule is Cc1cccc([N+](=O)[O-])c1NC(=O)CN1CCC[C@H](C(=O)Nc2ccccc2)C1. The van der Waals surface area contributed by atoms with Crippen LogP contribution in [0.25, 0.3) is 0 Å². The Morgan fingerprint density at radius 2 is 1.90 bits per heavy atom. The number of piperidine rings is 1. The predicted octanol–water partition coefficient (Wildman–Crippen LogP) is 3.19. The van der Waals surface area contributed by atoms with E-state index in [1.54, 1.807) is 19.1 Å². The first-order valence-electron chi connectivity index (χ1n) is 9.56. The zero-order chi connectivity index (χ0) is 20.8. The summed E-state index contributed by atoms with van der Waals surface area (Å²) in [6.45, 7) is 2.98. The molecule has 0 aliphatic carbocycles. The van der Waals surface area contributed by atoms with Gasteiger partial charge in [-0.3, -0.25) is 24.6 Å². The Morgan fingerprint density at radius 3 is 2.62 bits per heavy atom. The highest BCUT2D eigenvalue weighted by atomic mass is 16.6. The van der Waals surface area contributed by atoms with Crippen molar-refractivity contribution in [3.8, 4) is 0 Å². The molecule has 152 valence electrons. The first-order chi connectivity index (χ1) is 13.9. The number of carbonyl (C=O) groups excluding carboxylic acids is 2. The summed E-state index contributed by atoms with van der Waals surface area (Å²) in [5.41, 5.74) is 1.47. The number of hydrogen-bond acceptors (Lipinski definition) is 5. The highest BCUT2D eigenvalue weighted by Gasteiger charge is 2.27. The molecule has 1 fully saturated rings. The van der Waals surface area contributed by atoms with Crippen molar-refractivity contribution in [2.24, 2.45) is 5.92 Å². The quantitative estimate of drug-likeness (QED) is 0.576. The molecular weight excluding hydrogens is 372 g/mol. The van der Waals surface area contributed by atoms with Gasteiger partial charge in [-0.1, -0.05) is 30.3 Å². The minimum atomic E-state index is -0.506. The van der Waals surface area contributed by atoms with Gasteiger partial charge in [0.15, 0.2) is 0 Å². The molecule has 3 rings (SSSR count). The van der Waals surface area contributed by atoms with Gasteiger partial charge in [-0.25, -0.2) is 0 Å². The number of rotatable bonds is 6. The van der Waals surface area contributed by atoms with Crippen molar-refractivity contribution in [3.63, 3.8) is 0 Å². The van der Waals surface area contributed by atoms with Crippen LogP contribution in [-0.4, -0.2) is 41.3 Å². The van der Waals surface area contributed by atoms with Gasteiger partial charge in [0.1, 0.15) is 5.69 Å². The lowest BCUT2D eigenvalue weighted by Crippen LogP contribution is -2.44. The lowest BCUT2D eigenvalue weighted by Gasteiger charge is -2.31. The fraction of sp³-hybridized carbons (Fsp3) is 0.333. The van der Waals surface area contributed by atoms with Crippen molar-refractivity contribution >= 4 is 28.9 Å². The summed E-state index contributed by atoms with van der Waals surface area (Å²) in [6.07, 6.45) is 1.57. The monoisotopic (exact) mass is 396 g/mol. The van der Waals surface area contributed by atoms with E-state index in [4.69, 9.17) is 0 Å². The van der Waals surface area contributed by atoms with Crippen LogP contribution >= 0.6 is 0 Å². The van der Waals surface area contributed by atoms with E-state index in [0.29, 0.717) is 18.7 Å². The van der Waals surface area contributed by atoms with Crippen molar-refractivity contribution < 1.29 is 14.5 Å². The Balaban J connectivity index is 1.59. The van der Waals surface area contributed by atoms with Gasteiger partial charge in [0.2, 0.25) is 11.8 Å². The van der Waals surface area contributed by atoms with Crippen molar-refractivity contribution in [2.75, 3.05) is 30.3 Å². The average molecular weight is 396 g/mol. The van der Waals surface area contributed by atoms with Gasteiger partial charge in [0.05, 0.1) is 17.4 Å². The maximum atomic E-state index is 12.5. The zero-order valence-corrected chi connectivity index (χ0v) is 16.3. The number of nitro benzene ring substituents is 1. The molecule has 1 atom stereocenters. The van der Waals surface area contributed by atoms with Crippen LogP contribution in [0.3, 0.4) is 0 Å². The van der Waals surface area contributed by atoms with Crippen LogP contribution in [0.1, 0.15) is 18.4 Å². The summed E-state index contributed by atoms with van der Waals surface area (Å²) in [4.78, 5) is 37.7. The number of hydrogen-bond donors (Lipinski definition) is 2. The normalized spacial score (nSPS) is 16.8. The molecule has 0 bridgehead atoms. The number of amides is 2. The second kappa shape index (κ2) is 9.29. The van der Waals surface area contributed by atoms with Gasteiger partial charge < -0.3 is 10.6 Å². The maximum absolute atomic E-state index is 12.5. The largest absolute Gasteiger partial charge is 0.326 e. The Kier molecular flexibility index (Phi) is 6.56. The number of likely N-dealkylation sites (tertiary alicyclic amines) is 1. The minimum Gasteiger partial charge on any atom is -0.326 e. The summed E-state index contributed by atoms with van der Waals surface area (Å²) < 4.78 is 0. The van der Waals surface area contributed by atoms with Crippen molar-refractivity contribution in [1.82, 2.24) is 4.90 Å². The van der Waals surface area contributed by atoms with Gasteiger partial charge >= 0.3 is 0 Å². The fourth-order valence-electron chi connectivity index (χ4n) is 3.53. The number of carbonyl (C=O) groups is 2. The zero-order valence-electron chi connectivity index (χ0n) is 16.3. The average Bonchev–Trinajstić information content (AvgIpc) is 2.70. The van der Waals surface area contributed by atoms with E-state index in [1.807, 2.05) is 35.2 Å². The summed E-state index contributed by atoms with van der Waals surface area (Å²) in [5, 5.41) is 16.8. The van der Waals surface area contributed by atoms with Crippen LogP contribution in [0.15, 0.2) is 48.5 Å². The number of benzene rings is 2. The van der Waals surface area contributed by atoms with E-state index >= 15 is 0 Å². The van der Waals surface area contributed by atoms with E-state index in [1.165, 1.54) is 6.07 Å². The van der Waals surface area contributed by atoms with E-state index in [-0.39, 0.29) is 35.7 Å². The molecule has 8 heteroatoms. The van der Waals surface area contributed by atoms with Gasteiger partial charge in [0, 0.05) is 18.3 Å². The maximum Gasteiger partial charge on any atom is 0.293 e. The third kappa shape index (κ3) is 5.39. The molecule has 0 unspecified atom stereocenters. The molecule has 2 N–H and O–H groups in total. The van der Waals surface area contributed by atoms with Crippen LogP contribution < -0.4 is 10.6 Å². The van der Waals surface area contributed by atoms with Crippen LogP contribution in [-0.2, 0) is 9.59 Å². The molecule has 1 saturated heterocycles. The predicted molar refractivity (Wildman–Crippen MR) is 111 cm³/mol. The van der Waals surface area contributed by atoms with Gasteiger partial charge in [-0.15, -0.1) is 0 Å². The molecule has 0 spiro atoms. The Hall–Kier alpha value is -3.26. The standard InChI is InChI=1S/C21H24N4O4/c1-15-7-5-11-18(25(28)29)20(15)23-19(26)14-24-12-6-8-16(13-24)21(27)22-17-9-3-2-4-10-17/h2-5,7,9-11,16H,6,8,12-14H2,1H3,(H,22,27)(H,23,26)/t16-/m0/s1. The lowest BCUT2D eigenvalue weighted by atomic mass is 9.97. The van der Waals surface area contributed by atoms with Crippen LogP contribution in [0.4, 0.5) is 17.1 Å². The van der Waals surface area contributed by atoms with E-state index in [9.17, 15) is 19.7 Å². The van der Waals surface area contributed by atoms with Gasteiger partial charge in [-0.2, -0.15) is 0 Å². The van der Waals surface area contributed by atoms with Gasteiger partial charge in [0.25, 0.3) is 5.69 Å².